The van der Waals surface area contributed by atoms with Crippen molar-refractivity contribution < 1.29 is 9.90 Å². The van der Waals surface area contributed by atoms with Crippen molar-refractivity contribution in [3.05, 3.63) is 29.1 Å². The topological polar surface area (TPSA) is 66.0 Å². The second kappa shape index (κ2) is 2.83. The van der Waals surface area contributed by atoms with Gasteiger partial charge in [-0.3, -0.25) is 0 Å². The van der Waals surface area contributed by atoms with Gasteiger partial charge in [-0.2, -0.15) is 0 Å². The van der Waals surface area contributed by atoms with E-state index in [1.54, 1.807) is 13.0 Å². The van der Waals surface area contributed by atoms with E-state index in [0.29, 0.717) is 22.3 Å². The van der Waals surface area contributed by atoms with Gasteiger partial charge >= 0.3 is 5.97 Å². The van der Waals surface area contributed by atoms with Crippen LogP contribution in [0.25, 0.3) is 11.0 Å². The predicted molar refractivity (Wildman–Crippen MR) is 52.5 cm³/mol. The van der Waals surface area contributed by atoms with Crippen molar-refractivity contribution >= 4 is 17.0 Å². The number of hydrogen-bond donors (Lipinski definition) is 2. The van der Waals surface area contributed by atoms with Crippen LogP contribution in [0.2, 0.25) is 0 Å². The average Bonchev–Trinajstić information content (AvgIpc) is 2.39. The van der Waals surface area contributed by atoms with Gasteiger partial charge < -0.3 is 10.1 Å². The number of hydrogen-bond acceptors (Lipinski definition) is 2. The first kappa shape index (κ1) is 8.74. The minimum Gasteiger partial charge on any atom is -0.478 e. The molecule has 14 heavy (non-hydrogen) atoms. The molecular formula is C10H10N2O2. The monoisotopic (exact) mass is 190 g/mol. The van der Waals surface area contributed by atoms with Gasteiger partial charge in [0.25, 0.3) is 0 Å². The first-order chi connectivity index (χ1) is 6.59. The van der Waals surface area contributed by atoms with Crippen LogP contribution in [0.1, 0.15) is 21.7 Å². The minimum atomic E-state index is -0.917. The third kappa shape index (κ3) is 1.16. The Morgan fingerprint density at radius 3 is 2.79 bits per heavy atom. The van der Waals surface area contributed by atoms with Gasteiger partial charge in [-0.25, -0.2) is 9.78 Å². The molecule has 0 amide bonds. The number of carboxylic acid groups (broad SMARTS) is 1. The Balaban J connectivity index is 2.84. The third-order valence-corrected chi connectivity index (χ3v) is 2.20. The standard InChI is InChI=1S/C10H10N2O2/c1-5-3-4-7-8(10(13)14)6(2)12-9(7)11-5/h3-4H,1-2H3,(H,11,12)(H,13,14). The maximum Gasteiger partial charge on any atom is 0.338 e. The van der Waals surface area contributed by atoms with Gasteiger partial charge in [0.2, 0.25) is 0 Å². The van der Waals surface area contributed by atoms with Gasteiger partial charge in [-0.15, -0.1) is 0 Å². The van der Waals surface area contributed by atoms with E-state index in [1.807, 2.05) is 13.0 Å². The van der Waals surface area contributed by atoms with Crippen molar-refractivity contribution in [2.45, 2.75) is 13.8 Å². The first-order valence-electron chi connectivity index (χ1n) is 4.29. The molecule has 2 aromatic heterocycles. The molecular weight excluding hydrogens is 180 g/mol. The van der Waals surface area contributed by atoms with Gasteiger partial charge in [0.15, 0.2) is 0 Å². The Labute approximate surface area is 80.6 Å². The molecule has 0 bridgehead atoms. The second-order valence-electron chi connectivity index (χ2n) is 3.28. The summed E-state index contributed by atoms with van der Waals surface area (Å²) in [5.41, 5.74) is 2.47. The number of aromatic carboxylic acids is 1. The number of fused-ring (bicyclic) bond motifs is 1. The van der Waals surface area contributed by atoms with Crippen molar-refractivity contribution in [3.8, 4) is 0 Å². The van der Waals surface area contributed by atoms with Gasteiger partial charge in [0, 0.05) is 16.8 Å². The summed E-state index contributed by atoms with van der Waals surface area (Å²) in [5, 5.41) is 9.64. The summed E-state index contributed by atoms with van der Waals surface area (Å²) in [6, 6.07) is 3.59. The number of aryl methyl sites for hydroxylation is 2. The number of aromatic nitrogens is 2. The molecule has 0 radical (unpaired) electrons. The number of H-pyrrole nitrogens is 1. The number of carboxylic acids is 1. The molecule has 0 spiro atoms. The molecule has 2 aromatic rings. The lowest BCUT2D eigenvalue weighted by molar-refractivity contribution is 0.0698. The Hall–Kier alpha value is -1.84. The molecule has 0 saturated carbocycles. The van der Waals surface area contributed by atoms with Crippen LogP contribution in [-0.2, 0) is 0 Å². The number of carbonyl (C=O) groups is 1. The Bertz CT molecular complexity index is 514. The Morgan fingerprint density at radius 2 is 2.14 bits per heavy atom. The van der Waals surface area contributed by atoms with Crippen LogP contribution in [0.15, 0.2) is 12.1 Å². The normalized spacial score (nSPS) is 10.7. The number of aromatic amines is 1. The molecule has 2 rings (SSSR count). The van der Waals surface area contributed by atoms with Gasteiger partial charge in [0.05, 0.1) is 5.56 Å². The van der Waals surface area contributed by atoms with Gasteiger partial charge in [-0.1, -0.05) is 0 Å². The van der Waals surface area contributed by atoms with Crippen molar-refractivity contribution in [2.24, 2.45) is 0 Å². The molecule has 2 N–H and O–H groups in total. The van der Waals surface area contributed by atoms with Crippen LogP contribution in [0.5, 0.6) is 0 Å². The number of nitrogens with zero attached hydrogens (tertiary/aromatic N) is 1. The van der Waals surface area contributed by atoms with Gasteiger partial charge in [0.1, 0.15) is 5.65 Å². The summed E-state index contributed by atoms with van der Waals surface area (Å²) in [6.45, 7) is 3.61. The third-order valence-electron chi connectivity index (χ3n) is 2.20. The van der Waals surface area contributed by atoms with E-state index in [0.717, 1.165) is 5.69 Å². The molecule has 0 aliphatic rings. The zero-order valence-corrected chi connectivity index (χ0v) is 7.96. The molecule has 4 nitrogen and oxygen atoms in total. The molecule has 0 aromatic carbocycles. The van der Waals surface area contributed by atoms with E-state index in [9.17, 15) is 4.79 Å². The van der Waals surface area contributed by atoms with Crippen LogP contribution in [0.3, 0.4) is 0 Å². The number of pyridine rings is 1. The zero-order chi connectivity index (χ0) is 10.3. The molecule has 0 aliphatic carbocycles. The summed E-state index contributed by atoms with van der Waals surface area (Å²) in [6.07, 6.45) is 0. The summed E-state index contributed by atoms with van der Waals surface area (Å²) < 4.78 is 0. The Morgan fingerprint density at radius 1 is 1.43 bits per heavy atom. The maximum atomic E-state index is 10.9. The van der Waals surface area contributed by atoms with Crippen LogP contribution >= 0.6 is 0 Å². The Kier molecular flexibility index (Phi) is 1.77. The number of nitrogens with one attached hydrogen (secondary N) is 1. The van der Waals surface area contributed by atoms with Crippen molar-refractivity contribution in [1.82, 2.24) is 9.97 Å². The van der Waals surface area contributed by atoms with Crippen LogP contribution in [-0.4, -0.2) is 21.0 Å². The van der Waals surface area contributed by atoms with E-state index in [1.165, 1.54) is 0 Å². The lowest BCUT2D eigenvalue weighted by Crippen LogP contribution is -1.96. The largest absolute Gasteiger partial charge is 0.478 e. The lowest BCUT2D eigenvalue weighted by Gasteiger charge is -1.93. The molecule has 0 atom stereocenters. The van der Waals surface area contributed by atoms with Crippen LogP contribution in [0.4, 0.5) is 0 Å². The SMILES string of the molecule is Cc1ccc2c(C(=O)O)c(C)[nH]c2n1. The summed E-state index contributed by atoms with van der Waals surface area (Å²) >= 11 is 0. The van der Waals surface area contributed by atoms with Crippen molar-refractivity contribution in [3.63, 3.8) is 0 Å². The van der Waals surface area contributed by atoms with Crippen LogP contribution in [0, 0.1) is 13.8 Å². The molecule has 0 aliphatic heterocycles. The highest BCUT2D eigenvalue weighted by Gasteiger charge is 2.15. The highest BCUT2D eigenvalue weighted by Crippen LogP contribution is 2.20. The highest BCUT2D eigenvalue weighted by atomic mass is 16.4. The maximum absolute atomic E-state index is 10.9. The smallest absolute Gasteiger partial charge is 0.338 e. The predicted octanol–water partition coefficient (Wildman–Crippen LogP) is 1.88. The molecule has 0 saturated heterocycles. The highest BCUT2D eigenvalue weighted by molar-refractivity contribution is 6.03. The molecule has 0 fully saturated rings. The fraction of sp³-hybridized carbons (Fsp3) is 0.200. The first-order valence-corrected chi connectivity index (χ1v) is 4.29. The fourth-order valence-corrected chi connectivity index (χ4v) is 1.57. The van der Waals surface area contributed by atoms with E-state index < -0.39 is 5.97 Å². The molecule has 72 valence electrons. The van der Waals surface area contributed by atoms with E-state index >= 15 is 0 Å². The quantitative estimate of drug-likeness (QED) is 0.721. The van der Waals surface area contributed by atoms with Gasteiger partial charge in [-0.05, 0) is 26.0 Å². The minimum absolute atomic E-state index is 0.313. The average molecular weight is 190 g/mol. The van der Waals surface area contributed by atoms with Crippen LogP contribution < -0.4 is 0 Å². The van der Waals surface area contributed by atoms with Crippen molar-refractivity contribution in [1.29, 1.82) is 0 Å². The summed E-state index contributed by atoms with van der Waals surface area (Å²) in [7, 11) is 0. The molecule has 0 unspecified atom stereocenters. The fourth-order valence-electron chi connectivity index (χ4n) is 1.57. The van der Waals surface area contributed by atoms with E-state index in [2.05, 4.69) is 9.97 Å². The van der Waals surface area contributed by atoms with E-state index in [-0.39, 0.29) is 0 Å². The van der Waals surface area contributed by atoms with E-state index in [4.69, 9.17) is 5.11 Å². The molecule has 4 heteroatoms. The zero-order valence-electron chi connectivity index (χ0n) is 7.96. The lowest BCUT2D eigenvalue weighted by atomic mass is 10.2. The summed E-state index contributed by atoms with van der Waals surface area (Å²) in [4.78, 5) is 18.1. The number of rotatable bonds is 1. The molecule has 2 heterocycles. The second-order valence-corrected chi connectivity index (χ2v) is 3.28. The summed E-state index contributed by atoms with van der Waals surface area (Å²) in [5.74, 6) is -0.917. The van der Waals surface area contributed by atoms with Crippen molar-refractivity contribution in [2.75, 3.05) is 0 Å².